The number of carbonyl (C=O) groups is 2. The molecule has 1 atom stereocenters. The van der Waals surface area contributed by atoms with E-state index in [1.165, 1.54) is 32.0 Å². The summed E-state index contributed by atoms with van der Waals surface area (Å²) in [5.41, 5.74) is 0. The number of carbonyl (C=O) groups excluding carboxylic acids is 2. The van der Waals surface area contributed by atoms with Crippen LogP contribution in [0.2, 0.25) is 0 Å². The Kier molecular flexibility index (Phi) is 5.19. The van der Waals surface area contributed by atoms with Gasteiger partial charge in [-0.3, -0.25) is 19.6 Å². The fraction of sp³-hybridized carbons (Fsp3) is 0.778. The molecule has 3 aliphatic rings. The normalized spacial score (nSPS) is 25.6. The number of rotatable bonds is 3. The summed E-state index contributed by atoms with van der Waals surface area (Å²) in [5.74, 6) is 0.532. The van der Waals surface area contributed by atoms with Gasteiger partial charge in [-0.25, -0.2) is 4.98 Å². The van der Waals surface area contributed by atoms with E-state index in [9.17, 15) is 9.59 Å². The predicted octanol–water partition coefficient (Wildman–Crippen LogP) is 0.744. The van der Waals surface area contributed by atoms with Crippen molar-refractivity contribution in [3.05, 3.63) is 12.2 Å². The molecular weight excluding hydrogens is 332 g/mol. The molecule has 0 radical (unpaired) electrons. The summed E-state index contributed by atoms with van der Waals surface area (Å²) in [5, 5.41) is 6.34. The Morgan fingerprint density at radius 1 is 0.962 bits per heavy atom. The van der Waals surface area contributed by atoms with E-state index in [0.29, 0.717) is 32.2 Å². The van der Waals surface area contributed by atoms with Gasteiger partial charge in [-0.1, -0.05) is 12.8 Å². The van der Waals surface area contributed by atoms with Crippen LogP contribution in [0.15, 0.2) is 6.33 Å². The van der Waals surface area contributed by atoms with Crippen LogP contribution < -0.4 is 0 Å². The predicted molar refractivity (Wildman–Crippen MR) is 95.4 cm³/mol. The average Bonchev–Trinajstić information content (AvgIpc) is 3.41. The Labute approximate surface area is 153 Å². The van der Waals surface area contributed by atoms with Gasteiger partial charge in [0.25, 0.3) is 5.91 Å². The van der Waals surface area contributed by atoms with E-state index in [-0.39, 0.29) is 23.6 Å². The lowest BCUT2D eigenvalue weighted by atomic mass is 9.94. The maximum Gasteiger partial charge on any atom is 0.291 e. The van der Waals surface area contributed by atoms with Crippen molar-refractivity contribution in [2.75, 3.05) is 39.3 Å². The van der Waals surface area contributed by atoms with E-state index < -0.39 is 0 Å². The number of piperazine rings is 1. The van der Waals surface area contributed by atoms with Crippen LogP contribution in [0.4, 0.5) is 0 Å². The smallest absolute Gasteiger partial charge is 0.291 e. The van der Waals surface area contributed by atoms with Gasteiger partial charge in [0.05, 0.1) is 5.92 Å². The molecule has 142 valence electrons. The van der Waals surface area contributed by atoms with E-state index in [0.717, 1.165) is 25.9 Å². The monoisotopic (exact) mass is 360 g/mol. The summed E-state index contributed by atoms with van der Waals surface area (Å²) in [7, 11) is 0. The minimum atomic E-state index is -0.139. The van der Waals surface area contributed by atoms with Crippen molar-refractivity contribution in [3.63, 3.8) is 0 Å². The molecule has 3 fully saturated rings. The number of aromatic nitrogens is 3. The molecule has 8 heteroatoms. The minimum Gasteiger partial charge on any atom is -0.339 e. The highest BCUT2D eigenvalue weighted by Gasteiger charge is 2.34. The SMILES string of the molecule is O=C(c1ncn[nH]1)N1CCN(C(=O)[C@@H]2CCCN(C3CCCC3)C2)CC1. The number of H-pyrrole nitrogens is 1. The number of hydrogen-bond donors (Lipinski definition) is 1. The van der Waals surface area contributed by atoms with Gasteiger partial charge in [0.15, 0.2) is 0 Å². The zero-order chi connectivity index (χ0) is 17.9. The van der Waals surface area contributed by atoms with Crippen LogP contribution >= 0.6 is 0 Å². The molecule has 4 rings (SSSR count). The minimum absolute atomic E-state index is 0.126. The Balaban J connectivity index is 1.29. The van der Waals surface area contributed by atoms with E-state index in [1.807, 2.05) is 4.90 Å². The van der Waals surface area contributed by atoms with Gasteiger partial charge in [0, 0.05) is 38.8 Å². The third-order valence-electron chi connectivity index (χ3n) is 6.14. The van der Waals surface area contributed by atoms with Crippen molar-refractivity contribution >= 4 is 11.8 Å². The van der Waals surface area contributed by atoms with Crippen molar-refractivity contribution in [2.24, 2.45) is 5.92 Å². The number of likely N-dealkylation sites (tertiary alicyclic amines) is 1. The molecule has 26 heavy (non-hydrogen) atoms. The number of nitrogens with zero attached hydrogens (tertiary/aromatic N) is 5. The molecule has 0 spiro atoms. The molecule has 8 nitrogen and oxygen atoms in total. The molecule has 1 aromatic rings. The molecule has 1 aliphatic carbocycles. The van der Waals surface area contributed by atoms with Crippen molar-refractivity contribution in [1.82, 2.24) is 29.9 Å². The first-order valence-electron chi connectivity index (χ1n) is 9.90. The van der Waals surface area contributed by atoms with Crippen LogP contribution in [0, 0.1) is 5.92 Å². The maximum absolute atomic E-state index is 13.0. The number of aromatic amines is 1. The first kappa shape index (κ1) is 17.5. The fourth-order valence-electron chi connectivity index (χ4n) is 4.66. The molecule has 1 aromatic heterocycles. The summed E-state index contributed by atoms with van der Waals surface area (Å²) in [6.07, 6.45) is 8.72. The second-order valence-corrected chi connectivity index (χ2v) is 7.72. The second kappa shape index (κ2) is 7.73. The van der Waals surface area contributed by atoms with Crippen LogP contribution in [0.1, 0.15) is 49.1 Å². The third kappa shape index (κ3) is 3.60. The molecular formula is C18H28N6O2. The Hall–Kier alpha value is -1.96. The third-order valence-corrected chi connectivity index (χ3v) is 6.14. The van der Waals surface area contributed by atoms with Crippen LogP contribution in [0.25, 0.3) is 0 Å². The Morgan fingerprint density at radius 3 is 2.38 bits per heavy atom. The van der Waals surface area contributed by atoms with Crippen LogP contribution in [0.5, 0.6) is 0 Å². The fourth-order valence-corrected chi connectivity index (χ4v) is 4.66. The average molecular weight is 360 g/mol. The summed E-state index contributed by atoms with van der Waals surface area (Å²) >= 11 is 0. The standard InChI is InChI=1S/C18H28N6O2/c25-17(14-4-3-7-24(12-14)15-5-1-2-6-15)22-8-10-23(11-9-22)18(26)16-19-13-20-21-16/h13-15H,1-12H2,(H,19,20,21)/t14-/m1/s1. The van der Waals surface area contributed by atoms with Crippen molar-refractivity contribution in [2.45, 2.75) is 44.6 Å². The lowest BCUT2D eigenvalue weighted by Gasteiger charge is -2.40. The quantitative estimate of drug-likeness (QED) is 0.859. The molecule has 3 heterocycles. The highest BCUT2D eigenvalue weighted by atomic mass is 16.2. The number of hydrogen-bond acceptors (Lipinski definition) is 5. The lowest BCUT2D eigenvalue weighted by Crippen LogP contribution is -2.54. The Bertz CT molecular complexity index is 620. The highest BCUT2D eigenvalue weighted by Crippen LogP contribution is 2.28. The van der Waals surface area contributed by atoms with Crippen molar-refractivity contribution in [3.8, 4) is 0 Å². The number of piperidine rings is 1. The van der Waals surface area contributed by atoms with Gasteiger partial charge in [0.1, 0.15) is 6.33 Å². The second-order valence-electron chi connectivity index (χ2n) is 7.72. The summed E-state index contributed by atoms with van der Waals surface area (Å²) < 4.78 is 0. The lowest BCUT2D eigenvalue weighted by molar-refractivity contribution is -0.139. The molecule has 2 saturated heterocycles. The van der Waals surface area contributed by atoms with E-state index in [1.54, 1.807) is 4.90 Å². The zero-order valence-corrected chi connectivity index (χ0v) is 15.3. The zero-order valence-electron chi connectivity index (χ0n) is 15.3. The van der Waals surface area contributed by atoms with E-state index in [2.05, 4.69) is 20.1 Å². The topological polar surface area (TPSA) is 85.4 Å². The summed E-state index contributed by atoms with van der Waals surface area (Å²) in [6.45, 7) is 4.40. The van der Waals surface area contributed by atoms with Gasteiger partial charge in [0.2, 0.25) is 11.7 Å². The van der Waals surface area contributed by atoms with Gasteiger partial charge >= 0.3 is 0 Å². The van der Waals surface area contributed by atoms with Gasteiger partial charge in [-0.05, 0) is 32.2 Å². The van der Waals surface area contributed by atoms with Crippen molar-refractivity contribution in [1.29, 1.82) is 0 Å². The Morgan fingerprint density at radius 2 is 1.69 bits per heavy atom. The summed E-state index contributed by atoms with van der Waals surface area (Å²) in [6, 6.07) is 0.696. The van der Waals surface area contributed by atoms with Crippen molar-refractivity contribution < 1.29 is 9.59 Å². The molecule has 2 amide bonds. The number of nitrogens with one attached hydrogen (secondary N) is 1. The van der Waals surface area contributed by atoms with Crippen LogP contribution in [0.3, 0.4) is 0 Å². The molecule has 0 bridgehead atoms. The van der Waals surface area contributed by atoms with Gasteiger partial charge in [-0.2, -0.15) is 5.10 Å². The summed E-state index contributed by atoms with van der Waals surface area (Å²) in [4.78, 5) is 35.5. The van der Waals surface area contributed by atoms with Crippen LogP contribution in [-0.2, 0) is 4.79 Å². The molecule has 1 saturated carbocycles. The molecule has 0 unspecified atom stereocenters. The first-order valence-corrected chi connectivity index (χ1v) is 9.90. The highest BCUT2D eigenvalue weighted by molar-refractivity contribution is 5.90. The van der Waals surface area contributed by atoms with Gasteiger partial charge < -0.3 is 9.80 Å². The van der Waals surface area contributed by atoms with Crippen LogP contribution in [-0.4, -0.2) is 87.0 Å². The van der Waals surface area contributed by atoms with E-state index >= 15 is 0 Å². The largest absolute Gasteiger partial charge is 0.339 e. The van der Waals surface area contributed by atoms with E-state index in [4.69, 9.17) is 0 Å². The first-order chi connectivity index (χ1) is 12.7. The van der Waals surface area contributed by atoms with Gasteiger partial charge in [-0.15, -0.1) is 0 Å². The number of amides is 2. The molecule has 0 aromatic carbocycles. The molecule has 2 aliphatic heterocycles. The molecule has 1 N–H and O–H groups in total. The maximum atomic E-state index is 13.0.